The molecule has 0 unspecified atom stereocenters. The first-order valence-electron chi connectivity index (χ1n) is 4.23. The van der Waals surface area contributed by atoms with Gasteiger partial charge in [-0.2, -0.15) is 0 Å². The van der Waals surface area contributed by atoms with Gasteiger partial charge in [0.25, 0.3) is 0 Å². The van der Waals surface area contributed by atoms with Crippen molar-refractivity contribution in [1.29, 1.82) is 0 Å². The lowest BCUT2D eigenvalue weighted by Gasteiger charge is -2.11. The van der Waals surface area contributed by atoms with Crippen molar-refractivity contribution < 1.29 is 0 Å². The van der Waals surface area contributed by atoms with Crippen LogP contribution < -0.4 is 0 Å². The Morgan fingerprint density at radius 1 is 1.31 bits per heavy atom. The molecule has 0 nitrogen and oxygen atoms in total. The second kappa shape index (κ2) is 5.23. The normalized spacial score (nSPS) is 10.8. The van der Waals surface area contributed by atoms with Gasteiger partial charge >= 0.3 is 0 Å². The van der Waals surface area contributed by atoms with Gasteiger partial charge in [-0.15, -0.1) is 0 Å². The molecule has 0 fully saturated rings. The molecule has 3 heteroatoms. The third-order valence-electron chi connectivity index (χ3n) is 1.91. The van der Waals surface area contributed by atoms with Crippen molar-refractivity contribution in [3.05, 3.63) is 29.3 Å². The van der Waals surface area contributed by atoms with E-state index in [1.54, 1.807) is 10.8 Å². The summed E-state index contributed by atoms with van der Waals surface area (Å²) >= 11 is 4.15. The predicted molar refractivity (Wildman–Crippen MR) is 67.7 cm³/mol. The SMILES string of the molecule is Cc1ccc(SSS)c(C(C)C)c1. The van der Waals surface area contributed by atoms with Gasteiger partial charge in [-0.25, -0.2) is 0 Å². The molecule has 1 aromatic carbocycles. The first-order valence-corrected chi connectivity index (χ1v) is 7.44. The molecule has 0 saturated carbocycles. The minimum atomic E-state index is 0.586. The van der Waals surface area contributed by atoms with Crippen LogP contribution in [0.25, 0.3) is 0 Å². The van der Waals surface area contributed by atoms with Crippen molar-refractivity contribution in [2.75, 3.05) is 0 Å². The molecular formula is C10H14S3. The minimum Gasteiger partial charge on any atom is -0.0994 e. The molecule has 1 aromatic rings. The van der Waals surface area contributed by atoms with Crippen LogP contribution in [0.3, 0.4) is 0 Å². The summed E-state index contributed by atoms with van der Waals surface area (Å²) in [5.41, 5.74) is 2.75. The van der Waals surface area contributed by atoms with E-state index in [1.165, 1.54) is 25.8 Å². The van der Waals surface area contributed by atoms with Crippen LogP contribution >= 0.6 is 32.3 Å². The Morgan fingerprint density at radius 2 is 2.00 bits per heavy atom. The molecule has 0 heterocycles. The summed E-state index contributed by atoms with van der Waals surface area (Å²) in [6, 6.07) is 6.59. The Kier molecular flexibility index (Phi) is 4.56. The lowest BCUT2D eigenvalue weighted by atomic mass is 10.0. The molecule has 0 N–H and O–H groups in total. The molecule has 0 aliphatic rings. The van der Waals surface area contributed by atoms with E-state index in [-0.39, 0.29) is 0 Å². The molecule has 0 amide bonds. The van der Waals surface area contributed by atoms with Crippen LogP contribution in [-0.2, 0) is 0 Å². The number of benzene rings is 1. The van der Waals surface area contributed by atoms with E-state index >= 15 is 0 Å². The average molecular weight is 230 g/mol. The summed E-state index contributed by atoms with van der Waals surface area (Å²) in [4.78, 5) is 1.33. The van der Waals surface area contributed by atoms with Crippen molar-refractivity contribution in [1.82, 2.24) is 0 Å². The Bertz CT molecular complexity index is 281. The zero-order chi connectivity index (χ0) is 9.84. The van der Waals surface area contributed by atoms with Gasteiger partial charge in [0.2, 0.25) is 0 Å². The van der Waals surface area contributed by atoms with E-state index in [9.17, 15) is 0 Å². The fourth-order valence-corrected chi connectivity index (χ4v) is 3.25. The number of aryl methyl sites for hydroxylation is 1. The Labute approximate surface area is 93.1 Å². The molecule has 0 radical (unpaired) electrons. The topological polar surface area (TPSA) is 0 Å². The van der Waals surface area contributed by atoms with E-state index in [0.717, 1.165) is 0 Å². The summed E-state index contributed by atoms with van der Waals surface area (Å²) < 4.78 is 0. The van der Waals surface area contributed by atoms with E-state index in [0.29, 0.717) is 5.92 Å². The van der Waals surface area contributed by atoms with Crippen LogP contribution in [0, 0.1) is 6.92 Å². The van der Waals surface area contributed by atoms with Gasteiger partial charge in [0, 0.05) is 4.90 Å². The number of rotatable bonds is 3. The van der Waals surface area contributed by atoms with E-state index in [1.807, 2.05) is 0 Å². The summed E-state index contributed by atoms with van der Waals surface area (Å²) in [6.07, 6.45) is 0. The highest BCUT2D eigenvalue weighted by atomic mass is 33.5. The van der Waals surface area contributed by atoms with Gasteiger partial charge in [-0.1, -0.05) is 43.2 Å². The van der Waals surface area contributed by atoms with Crippen molar-refractivity contribution >= 4 is 32.3 Å². The van der Waals surface area contributed by atoms with Gasteiger partial charge in [-0.05, 0) is 45.1 Å². The van der Waals surface area contributed by atoms with Crippen molar-refractivity contribution in [3.63, 3.8) is 0 Å². The van der Waals surface area contributed by atoms with Crippen LogP contribution in [0.1, 0.15) is 30.9 Å². The Hall–Kier alpha value is 0.270. The zero-order valence-corrected chi connectivity index (χ0v) is 10.6. The zero-order valence-electron chi connectivity index (χ0n) is 8.07. The first-order chi connectivity index (χ1) is 6.15. The molecule has 72 valence electrons. The molecule has 0 aliphatic heterocycles. The Balaban J connectivity index is 3.03. The molecule has 0 aromatic heterocycles. The fraction of sp³-hybridized carbons (Fsp3) is 0.400. The van der Waals surface area contributed by atoms with E-state index in [2.05, 4.69) is 50.6 Å². The van der Waals surface area contributed by atoms with Gasteiger partial charge in [0.05, 0.1) is 0 Å². The highest BCUT2D eigenvalue weighted by Crippen LogP contribution is 2.38. The first kappa shape index (κ1) is 11.3. The minimum absolute atomic E-state index is 0.586. The van der Waals surface area contributed by atoms with Gasteiger partial charge in [0.1, 0.15) is 0 Å². The number of hydrogen-bond donors (Lipinski definition) is 1. The molecular weight excluding hydrogens is 216 g/mol. The number of hydrogen-bond acceptors (Lipinski definition) is 3. The van der Waals surface area contributed by atoms with Gasteiger partial charge in [-0.3, -0.25) is 0 Å². The summed E-state index contributed by atoms with van der Waals surface area (Å²) in [6.45, 7) is 6.58. The largest absolute Gasteiger partial charge is 0.0994 e. The average Bonchev–Trinajstić information content (AvgIpc) is 2.08. The van der Waals surface area contributed by atoms with Crippen LogP contribution in [0.15, 0.2) is 23.1 Å². The maximum absolute atomic E-state index is 4.15. The maximum Gasteiger partial charge on any atom is 0.0225 e. The highest BCUT2D eigenvalue weighted by molar-refractivity contribution is 9.05. The monoisotopic (exact) mass is 230 g/mol. The van der Waals surface area contributed by atoms with Crippen molar-refractivity contribution in [2.45, 2.75) is 31.6 Å². The molecule has 0 bridgehead atoms. The van der Waals surface area contributed by atoms with Gasteiger partial charge in [0.15, 0.2) is 0 Å². The Morgan fingerprint density at radius 3 is 2.54 bits per heavy atom. The standard InChI is InChI=1S/C10H14S3/c1-7(2)9-6-8(3)4-5-10(9)12-13-11/h4-7,11H,1-3H3. The molecule has 0 atom stereocenters. The second-order valence-corrected chi connectivity index (χ2v) is 6.40. The van der Waals surface area contributed by atoms with Crippen molar-refractivity contribution in [2.24, 2.45) is 0 Å². The van der Waals surface area contributed by atoms with Crippen LogP contribution in [0.4, 0.5) is 0 Å². The summed E-state index contributed by atoms with van der Waals surface area (Å²) in [7, 11) is 3.22. The van der Waals surface area contributed by atoms with Crippen LogP contribution in [0.2, 0.25) is 0 Å². The van der Waals surface area contributed by atoms with Crippen molar-refractivity contribution in [3.8, 4) is 0 Å². The molecule has 1 rings (SSSR count). The molecule has 13 heavy (non-hydrogen) atoms. The smallest absolute Gasteiger partial charge is 0.0225 e. The lowest BCUT2D eigenvalue weighted by Crippen LogP contribution is -1.90. The molecule has 0 saturated heterocycles. The molecule has 0 spiro atoms. The lowest BCUT2D eigenvalue weighted by molar-refractivity contribution is 0.841. The highest BCUT2D eigenvalue weighted by Gasteiger charge is 2.06. The van der Waals surface area contributed by atoms with E-state index in [4.69, 9.17) is 0 Å². The summed E-state index contributed by atoms with van der Waals surface area (Å²) in [5, 5.41) is 0. The number of thiol groups is 1. The summed E-state index contributed by atoms with van der Waals surface area (Å²) in [5.74, 6) is 0.586. The van der Waals surface area contributed by atoms with E-state index < -0.39 is 0 Å². The third-order valence-corrected chi connectivity index (χ3v) is 3.97. The van der Waals surface area contributed by atoms with Gasteiger partial charge < -0.3 is 0 Å². The maximum atomic E-state index is 4.15. The fourth-order valence-electron chi connectivity index (χ4n) is 1.24. The van der Waals surface area contributed by atoms with Crippen LogP contribution in [-0.4, -0.2) is 0 Å². The second-order valence-electron chi connectivity index (χ2n) is 3.35. The quantitative estimate of drug-likeness (QED) is 0.590. The predicted octanol–water partition coefficient (Wildman–Crippen LogP) is 4.70. The van der Waals surface area contributed by atoms with Crippen LogP contribution in [0.5, 0.6) is 0 Å². The third kappa shape index (κ3) is 3.15. The molecule has 0 aliphatic carbocycles.